The first-order valence-corrected chi connectivity index (χ1v) is 8.61. The van der Waals surface area contributed by atoms with Crippen molar-refractivity contribution in [3.05, 3.63) is 41.0 Å². The fraction of sp³-hybridized carbons (Fsp3) is 0.267. The smallest absolute Gasteiger partial charge is 0.263 e. The van der Waals surface area contributed by atoms with E-state index in [2.05, 4.69) is 9.71 Å². The summed E-state index contributed by atoms with van der Waals surface area (Å²) in [5.74, 6) is 0.356. The van der Waals surface area contributed by atoms with Gasteiger partial charge < -0.3 is 9.64 Å². The first-order valence-electron chi connectivity index (χ1n) is 6.75. The normalized spacial score (nSPS) is 11.2. The third-order valence-electron chi connectivity index (χ3n) is 3.25. The van der Waals surface area contributed by atoms with E-state index in [0.717, 1.165) is 5.69 Å². The summed E-state index contributed by atoms with van der Waals surface area (Å²) in [7, 11) is 1.44. The zero-order chi connectivity index (χ0) is 17.2. The van der Waals surface area contributed by atoms with Gasteiger partial charge in [0.2, 0.25) is 5.88 Å². The second-order valence-corrected chi connectivity index (χ2v) is 7.21. The van der Waals surface area contributed by atoms with E-state index in [4.69, 9.17) is 16.3 Å². The molecule has 23 heavy (non-hydrogen) atoms. The van der Waals surface area contributed by atoms with E-state index < -0.39 is 10.0 Å². The van der Waals surface area contributed by atoms with Crippen LogP contribution in [0.25, 0.3) is 0 Å². The molecule has 0 atom stereocenters. The van der Waals surface area contributed by atoms with E-state index in [1.807, 2.05) is 19.0 Å². The van der Waals surface area contributed by atoms with Crippen LogP contribution in [0.15, 0.2) is 35.4 Å². The Hall–Kier alpha value is -1.99. The standard InChI is InChI=1S/C15H18ClN3O3S/c1-10-7-15(22-4)17-9-14(10)23(20,21)18-13-6-5-11(19(2)3)8-12(13)16/h5-9,18H,1-4H3. The lowest BCUT2D eigenvalue weighted by Gasteiger charge is -2.16. The zero-order valence-electron chi connectivity index (χ0n) is 13.3. The topological polar surface area (TPSA) is 71.5 Å². The number of methoxy groups -OCH3 is 1. The molecule has 1 N–H and O–H groups in total. The third kappa shape index (κ3) is 3.86. The van der Waals surface area contributed by atoms with Gasteiger partial charge in [0.25, 0.3) is 10.0 Å². The highest BCUT2D eigenvalue weighted by Crippen LogP contribution is 2.29. The SMILES string of the molecule is COc1cc(C)c(S(=O)(=O)Nc2ccc(N(C)C)cc2Cl)cn1. The monoisotopic (exact) mass is 355 g/mol. The van der Waals surface area contributed by atoms with Crippen molar-refractivity contribution in [3.8, 4) is 5.88 Å². The van der Waals surface area contributed by atoms with E-state index in [1.165, 1.54) is 13.3 Å². The van der Waals surface area contributed by atoms with Crippen molar-refractivity contribution in [1.29, 1.82) is 0 Å². The summed E-state index contributed by atoms with van der Waals surface area (Å²) in [6.45, 7) is 1.68. The van der Waals surface area contributed by atoms with Crippen LogP contribution in [-0.2, 0) is 10.0 Å². The maximum atomic E-state index is 12.5. The third-order valence-corrected chi connectivity index (χ3v) is 5.06. The number of hydrogen-bond donors (Lipinski definition) is 1. The molecule has 6 nitrogen and oxygen atoms in total. The molecule has 1 aromatic carbocycles. The molecule has 2 rings (SSSR count). The van der Waals surface area contributed by atoms with Gasteiger partial charge in [0, 0.05) is 25.8 Å². The van der Waals surface area contributed by atoms with Crippen molar-refractivity contribution in [2.45, 2.75) is 11.8 Å². The van der Waals surface area contributed by atoms with Crippen molar-refractivity contribution in [3.63, 3.8) is 0 Å². The molecule has 8 heteroatoms. The number of anilines is 2. The van der Waals surface area contributed by atoms with Gasteiger partial charge in [-0.25, -0.2) is 13.4 Å². The van der Waals surface area contributed by atoms with Crippen LogP contribution in [-0.4, -0.2) is 34.6 Å². The minimum atomic E-state index is -3.79. The van der Waals surface area contributed by atoms with E-state index in [1.54, 1.807) is 31.2 Å². The Morgan fingerprint density at radius 2 is 1.96 bits per heavy atom. The predicted octanol–water partition coefficient (Wildman–Crippen LogP) is 2.92. The Balaban J connectivity index is 2.35. The lowest BCUT2D eigenvalue weighted by Crippen LogP contribution is -2.15. The molecule has 0 spiro atoms. The average Bonchev–Trinajstić information content (AvgIpc) is 2.48. The van der Waals surface area contributed by atoms with Gasteiger partial charge in [0.15, 0.2) is 0 Å². The number of ether oxygens (including phenoxy) is 1. The highest BCUT2D eigenvalue weighted by Gasteiger charge is 2.19. The van der Waals surface area contributed by atoms with Crippen LogP contribution in [0.3, 0.4) is 0 Å². The number of nitrogens with zero attached hydrogens (tertiary/aromatic N) is 2. The van der Waals surface area contributed by atoms with Crippen molar-refractivity contribution in [2.24, 2.45) is 0 Å². The van der Waals surface area contributed by atoms with Crippen LogP contribution in [0.1, 0.15) is 5.56 Å². The molecule has 1 heterocycles. The highest BCUT2D eigenvalue weighted by molar-refractivity contribution is 7.92. The summed E-state index contributed by atoms with van der Waals surface area (Å²) < 4.78 is 32.5. The zero-order valence-corrected chi connectivity index (χ0v) is 14.9. The molecule has 0 aliphatic heterocycles. The maximum absolute atomic E-state index is 12.5. The minimum Gasteiger partial charge on any atom is -0.481 e. The van der Waals surface area contributed by atoms with Crippen LogP contribution in [0.4, 0.5) is 11.4 Å². The maximum Gasteiger partial charge on any atom is 0.263 e. The van der Waals surface area contributed by atoms with E-state index in [-0.39, 0.29) is 4.90 Å². The number of nitrogens with one attached hydrogen (secondary N) is 1. The van der Waals surface area contributed by atoms with E-state index in [9.17, 15) is 8.42 Å². The minimum absolute atomic E-state index is 0.0750. The molecule has 0 saturated carbocycles. The van der Waals surface area contributed by atoms with Crippen LogP contribution in [0, 0.1) is 6.92 Å². The molecule has 0 unspecified atom stereocenters. The second-order valence-electron chi connectivity index (χ2n) is 5.16. The second kappa shape index (κ2) is 6.64. The van der Waals surface area contributed by atoms with Gasteiger partial charge in [-0.05, 0) is 30.7 Å². The van der Waals surface area contributed by atoms with Gasteiger partial charge in [0.1, 0.15) is 4.90 Å². The Morgan fingerprint density at radius 1 is 1.26 bits per heavy atom. The van der Waals surface area contributed by atoms with Crippen molar-refractivity contribution >= 4 is 33.0 Å². The molecule has 0 amide bonds. The average molecular weight is 356 g/mol. The van der Waals surface area contributed by atoms with Crippen LogP contribution >= 0.6 is 11.6 Å². The summed E-state index contributed by atoms with van der Waals surface area (Å²) in [5.41, 5.74) is 1.72. The van der Waals surface area contributed by atoms with Gasteiger partial charge in [0.05, 0.1) is 24.0 Å². The quantitative estimate of drug-likeness (QED) is 0.892. The molecular formula is C15H18ClN3O3S. The van der Waals surface area contributed by atoms with Crippen molar-refractivity contribution < 1.29 is 13.2 Å². The van der Waals surface area contributed by atoms with E-state index in [0.29, 0.717) is 22.2 Å². The highest BCUT2D eigenvalue weighted by atomic mass is 35.5. The Kier molecular flexibility index (Phi) is 5.01. The Bertz CT molecular complexity index is 823. The molecule has 0 bridgehead atoms. The lowest BCUT2D eigenvalue weighted by molar-refractivity contribution is 0.396. The number of halogens is 1. The summed E-state index contributed by atoms with van der Waals surface area (Å²) >= 11 is 6.17. The van der Waals surface area contributed by atoms with Crippen molar-refractivity contribution in [2.75, 3.05) is 30.8 Å². The number of benzene rings is 1. The summed E-state index contributed by atoms with van der Waals surface area (Å²) in [6, 6.07) is 6.66. The first kappa shape index (κ1) is 17.4. The summed E-state index contributed by atoms with van der Waals surface area (Å²) in [6.07, 6.45) is 1.26. The molecule has 0 radical (unpaired) electrons. The molecule has 0 saturated heterocycles. The number of rotatable bonds is 5. The lowest BCUT2D eigenvalue weighted by atomic mass is 10.3. The number of aromatic nitrogens is 1. The van der Waals surface area contributed by atoms with Crippen LogP contribution in [0.2, 0.25) is 5.02 Å². The summed E-state index contributed by atoms with van der Waals surface area (Å²) in [5, 5.41) is 0.318. The largest absolute Gasteiger partial charge is 0.481 e. The summed E-state index contributed by atoms with van der Waals surface area (Å²) in [4.78, 5) is 5.90. The van der Waals surface area contributed by atoms with Gasteiger partial charge in [-0.15, -0.1) is 0 Å². The van der Waals surface area contributed by atoms with E-state index >= 15 is 0 Å². The fourth-order valence-electron chi connectivity index (χ4n) is 1.98. The van der Waals surface area contributed by atoms with Gasteiger partial charge >= 0.3 is 0 Å². The molecule has 0 aliphatic carbocycles. The predicted molar refractivity (Wildman–Crippen MR) is 92.1 cm³/mol. The number of pyridine rings is 1. The number of hydrogen-bond acceptors (Lipinski definition) is 5. The molecule has 124 valence electrons. The number of sulfonamides is 1. The van der Waals surface area contributed by atoms with Crippen LogP contribution in [0.5, 0.6) is 5.88 Å². The van der Waals surface area contributed by atoms with Crippen LogP contribution < -0.4 is 14.4 Å². The van der Waals surface area contributed by atoms with Crippen molar-refractivity contribution in [1.82, 2.24) is 4.98 Å². The molecule has 0 fully saturated rings. The van der Waals surface area contributed by atoms with Gasteiger partial charge in [-0.3, -0.25) is 4.72 Å². The molecule has 2 aromatic rings. The molecule has 0 aliphatic rings. The first-order chi connectivity index (χ1) is 10.7. The Labute approximate surface area is 141 Å². The number of aryl methyl sites for hydroxylation is 1. The fourth-order valence-corrected chi connectivity index (χ4v) is 3.51. The molecular weight excluding hydrogens is 338 g/mol. The molecule has 1 aromatic heterocycles. The Morgan fingerprint density at radius 3 is 2.48 bits per heavy atom. The van der Waals surface area contributed by atoms with Gasteiger partial charge in [-0.2, -0.15) is 0 Å². The van der Waals surface area contributed by atoms with Gasteiger partial charge in [-0.1, -0.05) is 11.6 Å².